The number of benzene rings is 3. The predicted molar refractivity (Wildman–Crippen MR) is 140 cm³/mol. The molecule has 0 unspecified atom stereocenters. The summed E-state index contributed by atoms with van der Waals surface area (Å²) >= 11 is 5.99. The molecule has 0 saturated carbocycles. The van der Waals surface area contributed by atoms with Gasteiger partial charge in [0.2, 0.25) is 11.8 Å². The molecule has 7 nitrogen and oxygen atoms in total. The van der Waals surface area contributed by atoms with Gasteiger partial charge in [-0.2, -0.15) is 5.10 Å². The van der Waals surface area contributed by atoms with Crippen molar-refractivity contribution in [2.75, 3.05) is 11.9 Å². The van der Waals surface area contributed by atoms with Crippen molar-refractivity contribution in [2.24, 2.45) is 0 Å². The highest BCUT2D eigenvalue weighted by molar-refractivity contribution is 6.33. The molecule has 2 amide bonds. The summed E-state index contributed by atoms with van der Waals surface area (Å²) in [6.07, 6.45) is -1.81. The number of nitrogens with one attached hydrogen (secondary N) is 1. The lowest BCUT2D eigenvalue weighted by atomic mass is 10.0. The summed E-state index contributed by atoms with van der Waals surface area (Å²) in [6.45, 7) is 0.634. The van der Waals surface area contributed by atoms with Gasteiger partial charge in [0.25, 0.3) is 0 Å². The number of hydrogen-bond donors (Lipinski definition) is 1. The van der Waals surface area contributed by atoms with Crippen molar-refractivity contribution in [2.45, 2.75) is 32.1 Å². The van der Waals surface area contributed by atoms with Crippen LogP contribution in [0.3, 0.4) is 0 Å². The third-order valence-electron chi connectivity index (χ3n) is 6.71. The maximum absolute atomic E-state index is 15.4. The lowest BCUT2D eigenvalue weighted by molar-refractivity contribution is -0.137. The Morgan fingerprint density at radius 2 is 1.75 bits per heavy atom. The zero-order chi connectivity index (χ0) is 28.7. The van der Waals surface area contributed by atoms with E-state index >= 15 is 4.39 Å². The first kappa shape index (κ1) is 27.3. The number of hydrogen-bond acceptors (Lipinski definition) is 4. The number of anilines is 1. The van der Waals surface area contributed by atoms with E-state index in [0.29, 0.717) is 17.0 Å². The Bertz CT molecular complexity index is 1680. The van der Waals surface area contributed by atoms with Crippen LogP contribution in [0.25, 0.3) is 22.0 Å². The van der Waals surface area contributed by atoms with Crippen molar-refractivity contribution >= 4 is 45.8 Å². The van der Waals surface area contributed by atoms with E-state index < -0.39 is 41.5 Å². The molecule has 0 bridgehead atoms. The van der Waals surface area contributed by atoms with Crippen molar-refractivity contribution in [3.63, 3.8) is 0 Å². The molecule has 3 aromatic carbocycles. The molecule has 1 aromatic heterocycles. The molecule has 206 valence electrons. The number of carbonyl (C=O) groups is 3. The number of carbonyl (C=O) groups excluding carboxylic acids is 3. The van der Waals surface area contributed by atoms with Crippen LogP contribution >= 0.6 is 11.6 Å². The molecule has 2 atom stereocenters. The molecule has 0 aliphatic carbocycles. The number of Topliss-reactive ketones (excluding diaryl/α,β-unsaturated/α-hetero) is 1. The van der Waals surface area contributed by atoms with Gasteiger partial charge in [0.15, 0.2) is 23.2 Å². The molecule has 1 N–H and O–H groups in total. The Balaban J connectivity index is 1.38. The number of rotatable bonds is 6. The summed E-state index contributed by atoms with van der Waals surface area (Å²) in [7, 11) is 0. The van der Waals surface area contributed by atoms with Gasteiger partial charge in [-0.25, -0.2) is 17.6 Å². The van der Waals surface area contributed by atoms with Gasteiger partial charge in [0, 0.05) is 29.9 Å². The number of nitrogens with zero attached hydrogens (tertiary/aromatic N) is 3. The summed E-state index contributed by atoms with van der Waals surface area (Å²) in [5, 5.41) is 6.93. The Morgan fingerprint density at radius 3 is 2.50 bits per heavy atom. The Hall–Kier alpha value is -4.25. The first-order chi connectivity index (χ1) is 19.0. The van der Waals surface area contributed by atoms with Crippen LogP contribution in [0, 0.1) is 17.5 Å². The summed E-state index contributed by atoms with van der Waals surface area (Å²) in [6, 6.07) is 10.9. The Labute approximate surface area is 230 Å². The molecular weight excluding hydrogens is 552 g/mol. The second-order valence-corrected chi connectivity index (χ2v) is 9.78. The van der Waals surface area contributed by atoms with Crippen LogP contribution in [0.1, 0.15) is 23.8 Å². The number of para-hydroxylation sites is 1. The number of alkyl halides is 1. The highest BCUT2D eigenvalue weighted by Gasteiger charge is 2.40. The monoisotopic (exact) mass is 572 g/mol. The summed E-state index contributed by atoms with van der Waals surface area (Å²) in [5.41, 5.74) is 0.0530. The maximum Gasteiger partial charge on any atom is 0.247 e. The molecule has 1 aliphatic heterocycles. The number of aromatic nitrogens is 2. The second kappa shape index (κ2) is 10.7. The topological polar surface area (TPSA) is 84.3 Å². The van der Waals surface area contributed by atoms with Gasteiger partial charge in [-0.3, -0.25) is 19.1 Å². The third kappa shape index (κ3) is 5.04. The largest absolute Gasteiger partial charge is 0.326 e. The molecule has 1 fully saturated rings. The fourth-order valence-corrected chi connectivity index (χ4v) is 5.07. The van der Waals surface area contributed by atoms with Gasteiger partial charge in [0.05, 0.1) is 22.8 Å². The van der Waals surface area contributed by atoms with Crippen LogP contribution in [-0.4, -0.2) is 51.0 Å². The minimum absolute atomic E-state index is 0.132. The first-order valence-corrected chi connectivity index (χ1v) is 12.6. The normalized spacial score (nSPS) is 16.9. The SMILES string of the molecule is CC(=O)c1nn(CC(=O)N2C[C@H](F)C[C@H]2C(=O)Nc2cccc(-c3cc(F)c(F)cc3Cl)c2F)c2ccccc12. The zero-order valence-corrected chi connectivity index (χ0v) is 21.7. The number of likely N-dealkylation sites (tertiary alicyclic amines) is 1. The summed E-state index contributed by atoms with van der Waals surface area (Å²) < 4.78 is 58.5. The molecule has 1 aliphatic rings. The molecule has 12 heteroatoms. The van der Waals surface area contributed by atoms with E-state index in [9.17, 15) is 27.6 Å². The van der Waals surface area contributed by atoms with E-state index in [1.165, 1.54) is 29.8 Å². The van der Waals surface area contributed by atoms with Gasteiger partial charge < -0.3 is 10.2 Å². The van der Waals surface area contributed by atoms with Crippen molar-refractivity contribution in [3.8, 4) is 11.1 Å². The Kier molecular flexibility index (Phi) is 7.33. The van der Waals surface area contributed by atoms with Gasteiger partial charge in [0.1, 0.15) is 24.5 Å². The van der Waals surface area contributed by atoms with Crippen LogP contribution in [0.4, 0.5) is 23.2 Å². The van der Waals surface area contributed by atoms with Crippen molar-refractivity contribution < 1.29 is 31.9 Å². The van der Waals surface area contributed by atoms with Crippen molar-refractivity contribution in [1.29, 1.82) is 0 Å². The number of halogens is 5. The van der Waals surface area contributed by atoms with Crippen molar-refractivity contribution in [3.05, 3.63) is 82.8 Å². The predicted octanol–water partition coefficient (Wildman–Crippen LogP) is 5.55. The average molecular weight is 573 g/mol. The standard InChI is InChI=1S/C28H21ClF4N4O3/c1-14(38)27-17-5-2-3-8-23(17)37(35-27)13-25(39)36-12-15(30)9-24(36)28(40)34-22-7-4-6-16(26(22)33)18-10-20(31)21(32)11-19(18)29/h2-8,10-11,15,24H,9,12-13H2,1H3,(H,34,40)/t15-,24+/m1/s1. The second-order valence-electron chi connectivity index (χ2n) is 9.38. The average Bonchev–Trinajstić information content (AvgIpc) is 3.49. The Morgan fingerprint density at radius 1 is 1.02 bits per heavy atom. The van der Waals surface area contributed by atoms with E-state index in [1.54, 1.807) is 24.3 Å². The van der Waals surface area contributed by atoms with Crippen LogP contribution in [-0.2, 0) is 16.1 Å². The van der Waals surface area contributed by atoms with Crippen LogP contribution in [0.15, 0.2) is 54.6 Å². The van der Waals surface area contributed by atoms with Gasteiger partial charge in [-0.15, -0.1) is 0 Å². The molecule has 1 saturated heterocycles. The van der Waals surface area contributed by atoms with Crippen LogP contribution in [0.5, 0.6) is 0 Å². The first-order valence-electron chi connectivity index (χ1n) is 12.2. The van der Waals surface area contributed by atoms with E-state index in [2.05, 4.69) is 10.4 Å². The summed E-state index contributed by atoms with van der Waals surface area (Å²) in [5.74, 6) is -5.16. The zero-order valence-electron chi connectivity index (χ0n) is 20.9. The van der Waals surface area contributed by atoms with E-state index in [1.807, 2.05) is 0 Å². The van der Waals surface area contributed by atoms with Gasteiger partial charge in [-0.05, 0) is 24.3 Å². The van der Waals surface area contributed by atoms with E-state index in [4.69, 9.17) is 11.6 Å². The van der Waals surface area contributed by atoms with E-state index in [0.717, 1.165) is 11.0 Å². The lowest BCUT2D eigenvalue weighted by Gasteiger charge is -2.24. The molecule has 0 spiro atoms. The fourth-order valence-electron chi connectivity index (χ4n) is 4.82. The number of ketones is 1. The highest BCUT2D eigenvalue weighted by atomic mass is 35.5. The van der Waals surface area contributed by atoms with Crippen molar-refractivity contribution in [1.82, 2.24) is 14.7 Å². The molecule has 40 heavy (non-hydrogen) atoms. The quantitative estimate of drug-likeness (QED) is 0.186. The molecule has 4 aromatic rings. The van der Waals surface area contributed by atoms with Gasteiger partial charge in [-0.1, -0.05) is 41.9 Å². The minimum Gasteiger partial charge on any atom is -0.326 e. The molecule has 5 rings (SSSR count). The van der Waals surface area contributed by atoms with E-state index in [-0.39, 0.29) is 52.8 Å². The minimum atomic E-state index is -1.50. The third-order valence-corrected chi connectivity index (χ3v) is 7.02. The molecule has 2 heterocycles. The smallest absolute Gasteiger partial charge is 0.247 e. The van der Waals surface area contributed by atoms with Crippen LogP contribution in [0.2, 0.25) is 5.02 Å². The fraction of sp³-hybridized carbons (Fsp3) is 0.214. The maximum atomic E-state index is 15.4. The van der Waals surface area contributed by atoms with Gasteiger partial charge >= 0.3 is 0 Å². The molecular formula is C28H21ClF4N4O3. The highest BCUT2D eigenvalue weighted by Crippen LogP contribution is 2.34. The number of fused-ring (bicyclic) bond motifs is 1. The number of amides is 2. The summed E-state index contributed by atoms with van der Waals surface area (Å²) in [4.78, 5) is 39.5. The lowest BCUT2D eigenvalue weighted by Crippen LogP contribution is -2.44. The molecule has 0 radical (unpaired) electrons. The van der Waals surface area contributed by atoms with Crippen LogP contribution < -0.4 is 5.32 Å².